The molecule has 168 valence electrons. The fraction of sp³-hybridized carbons (Fsp3) is 0.292. The van der Waals surface area contributed by atoms with E-state index in [9.17, 15) is 8.42 Å². The Bertz CT molecular complexity index is 1190. The van der Waals surface area contributed by atoms with Crippen LogP contribution in [0.15, 0.2) is 71.6 Å². The van der Waals surface area contributed by atoms with E-state index in [2.05, 4.69) is 5.32 Å². The molecule has 32 heavy (non-hydrogen) atoms. The summed E-state index contributed by atoms with van der Waals surface area (Å²) in [6.45, 7) is 2.69. The highest BCUT2D eigenvalue weighted by molar-refractivity contribution is 7.89. The second kappa shape index (κ2) is 9.85. The molecule has 1 aliphatic rings. The third-order valence-corrected chi connectivity index (χ3v) is 8.03. The summed E-state index contributed by atoms with van der Waals surface area (Å²) in [7, 11) is -1.87. The van der Waals surface area contributed by atoms with Crippen LogP contribution in [0.1, 0.15) is 5.56 Å². The third-order valence-electron chi connectivity index (χ3n) is 5.73. The van der Waals surface area contributed by atoms with Gasteiger partial charge in [0.05, 0.1) is 12.0 Å². The average Bonchev–Trinajstić information content (AvgIpc) is 2.84. The molecule has 0 aromatic heterocycles. The number of ether oxygens (including phenoxy) is 1. The van der Waals surface area contributed by atoms with Crippen molar-refractivity contribution in [3.63, 3.8) is 0 Å². The van der Waals surface area contributed by atoms with Gasteiger partial charge in [0, 0.05) is 32.7 Å². The maximum atomic E-state index is 13.1. The van der Waals surface area contributed by atoms with E-state index in [0.717, 1.165) is 29.5 Å². The van der Waals surface area contributed by atoms with Crippen molar-refractivity contribution >= 4 is 38.1 Å². The smallest absolute Gasteiger partial charge is 0.243 e. The van der Waals surface area contributed by atoms with Crippen molar-refractivity contribution in [2.24, 2.45) is 0 Å². The molecule has 0 radical (unpaired) electrons. The highest BCUT2D eigenvalue weighted by Crippen LogP contribution is 2.23. The first-order valence-electron chi connectivity index (χ1n) is 10.6. The Morgan fingerprint density at radius 3 is 2.34 bits per heavy atom. The lowest BCUT2D eigenvalue weighted by Crippen LogP contribution is -2.53. The van der Waals surface area contributed by atoms with E-state index in [4.69, 9.17) is 17.0 Å². The van der Waals surface area contributed by atoms with E-state index in [-0.39, 0.29) is 0 Å². The van der Waals surface area contributed by atoms with E-state index in [1.807, 2.05) is 59.5 Å². The number of hydrogen-bond donors (Lipinski definition) is 1. The van der Waals surface area contributed by atoms with Crippen molar-refractivity contribution in [3.8, 4) is 5.75 Å². The fourth-order valence-corrected chi connectivity index (χ4v) is 5.57. The molecule has 1 fully saturated rings. The zero-order chi connectivity index (χ0) is 22.6. The molecule has 0 spiro atoms. The standard InChI is InChI=1S/C24H27N3O3S2/c1-30-22-9-6-19(7-10-22)12-13-25-24(31)26-14-16-27(17-15-26)32(28,29)23-11-8-20-4-2-3-5-21(20)18-23/h2-11,18H,12-17H2,1H3,(H,25,31). The number of sulfonamides is 1. The Morgan fingerprint density at radius 1 is 0.969 bits per heavy atom. The summed E-state index contributed by atoms with van der Waals surface area (Å²) in [5.74, 6) is 0.841. The van der Waals surface area contributed by atoms with Crippen molar-refractivity contribution in [2.45, 2.75) is 11.3 Å². The molecule has 0 saturated carbocycles. The fourth-order valence-electron chi connectivity index (χ4n) is 3.83. The van der Waals surface area contributed by atoms with Crippen LogP contribution >= 0.6 is 12.2 Å². The van der Waals surface area contributed by atoms with Crippen molar-refractivity contribution in [3.05, 3.63) is 72.3 Å². The summed E-state index contributed by atoms with van der Waals surface area (Å²) >= 11 is 5.53. The van der Waals surface area contributed by atoms with Crippen LogP contribution in [0.5, 0.6) is 5.75 Å². The van der Waals surface area contributed by atoms with Crippen molar-refractivity contribution in [1.82, 2.24) is 14.5 Å². The third kappa shape index (κ3) is 5.03. The van der Waals surface area contributed by atoms with Crippen LogP contribution in [-0.4, -0.2) is 62.6 Å². The molecule has 1 aliphatic heterocycles. The first-order chi connectivity index (χ1) is 15.5. The molecular weight excluding hydrogens is 442 g/mol. The molecule has 8 heteroatoms. The quantitative estimate of drug-likeness (QED) is 0.559. The van der Waals surface area contributed by atoms with Gasteiger partial charge in [-0.3, -0.25) is 0 Å². The van der Waals surface area contributed by atoms with Gasteiger partial charge in [-0.1, -0.05) is 42.5 Å². The SMILES string of the molecule is COc1ccc(CCNC(=S)N2CCN(S(=O)(=O)c3ccc4ccccc4c3)CC2)cc1. The summed E-state index contributed by atoms with van der Waals surface area (Å²) in [5, 5.41) is 5.92. The lowest BCUT2D eigenvalue weighted by Gasteiger charge is -2.35. The molecule has 0 atom stereocenters. The Balaban J connectivity index is 1.30. The van der Waals surface area contributed by atoms with E-state index >= 15 is 0 Å². The number of thiocarbonyl (C=S) groups is 1. The van der Waals surface area contributed by atoms with Gasteiger partial charge >= 0.3 is 0 Å². The molecule has 0 bridgehead atoms. The second-order valence-corrected chi connectivity index (χ2v) is 10.1. The predicted octanol–water partition coefficient (Wildman–Crippen LogP) is 3.27. The van der Waals surface area contributed by atoms with Crippen molar-refractivity contribution < 1.29 is 13.2 Å². The zero-order valence-electron chi connectivity index (χ0n) is 18.0. The normalized spacial score (nSPS) is 15.0. The lowest BCUT2D eigenvalue weighted by atomic mass is 10.1. The average molecular weight is 470 g/mol. The van der Waals surface area contributed by atoms with E-state index in [1.165, 1.54) is 5.56 Å². The summed E-state index contributed by atoms with van der Waals surface area (Å²) in [5.41, 5.74) is 1.20. The number of piperazine rings is 1. The zero-order valence-corrected chi connectivity index (χ0v) is 19.7. The molecule has 1 saturated heterocycles. The maximum Gasteiger partial charge on any atom is 0.243 e. The summed E-state index contributed by atoms with van der Waals surface area (Å²) in [6.07, 6.45) is 0.848. The Morgan fingerprint density at radius 2 is 1.66 bits per heavy atom. The number of rotatable bonds is 6. The summed E-state index contributed by atoms with van der Waals surface area (Å²) in [6, 6.07) is 21.1. The number of hydrogen-bond acceptors (Lipinski definition) is 4. The van der Waals surface area contributed by atoms with Gasteiger partial charge in [-0.15, -0.1) is 0 Å². The molecular formula is C24H27N3O3S2. The van der Waals surface area contributed by atoms with E-state index in [1.54, 1.807) is 23.5 Å². The molecule has 1 N–H and O–H groups in total. The first kappa shape index (κ1) is 22.5. The predicted molar refractivity (Wildman–Crippen MR) is 132 cm³/mol. The molecule has 0 amide bonds. The summed E-state index contributed by atoms with van der Waals surface area (Å²) < 4.78 is 33.0. The van der Waals surface area contributed by atoms with Gasteiger partial charge in [0.2, 0.25) is 10.0 Å². The van der Waals surface area contributed by atoms with Crippen LogP contribution in [0.25, 0.3) is 10.8 Å². The van der Waals surface area contributed by atoms with Gasteiger partial charge in [-0.25, -0.2) is 8.42 Å². The van der Waals surface area contributed by atoms with Crippen LogP contribution < -0.4 is 10.1 Å². The lowest BCUT2D eigenvalue weighted by molar-refractivity contribution is 0.264. The summed E-state index contributed by atoms with van der Waals surface area (Å²) in [4.78, 5) is 2.38. The highest BCUT2D eigenvalue weighted by atomic mass is 32.2. The number of fused-ring (bicyclic) bond motifs is 1. The van der Waals surface area contributed by atoms with Gasteiger partial charge in [-0.2, -0.15) is 4.31 Å². The van der Waals surface area contributed by atoms with Crippen LogP contribution in [-0.2, 0) is 16.4 Å². The minimum absolute atomic E-state index is 0.338. The van der Waals surface area contributed by atoms with Gasteiger partial charge in [0.15, 0.2) is 5.11 Å². The molecule has 0 aliphatic carbocycles. The molecule has 3 aromatic carbocycles. The van der Waals surface area contributed by atoms with E-state index in [0.29, 0.717) is 36.2 Å². The minimum Gasteiger partial charge on any atom is -0.497 e. The molecule has 1 heterocycles. The Labute approximate surface area is 194 Å². The molecule has 0 unspecified atom stereocenters. The first-order valence-corrected chi connectivity index (χ1v) is 12.5. The van der Waals surface area contributed by atoms with Crippen LogP contribution in [0, 0.1) is 0 Å². The number of nitrogens with one attached hydrogen (secondary N) is 1. The van der Waals surface area contributed by atoms with Gasteiger partial charge in [0.1, 0.15) is 5.75 Å². The van der Waals surface area contributed by atoms with Crippen LogP contribution in [0.2, 0.25) is 0 Å². The minimum atomic E-state index is -3.53. The van der Waals surface area contributed by atoms with Crippen LogP contribution in [0.4, 0.5) is 0 Å². The Hall–Kier alpha value is -2.68. The number of methoxy groups -OCH3 is 1. The highest BCUT2D eigenvalue weighted by Gasteiger charge is 2.29. The molecule has 6 nitrogen and oxygen atoms in total. The van der Waals surface area contributed by atoms with Crippen LogP contribution in [0.3, 0.4) is 0 Å². The monoisotopic (exact) mass is 469 g/mol. The van der Waals surface area contributed by atoms with Crippen molar-refractivity contribution in [1.29, 1.82) is 0 Å². The maximum absolute atomic E-state index is 13.1. The second-order valence-electron chi connectivity index (χ2n) is 7.73. The Kier molecular flexibility index (Phi) is 6.93. The van der Waals surface area contributed by atoms with Gasteiger partial charge in [0.25, 0.3) is 0 Å². The number of nitrogens with zero attached hydrogens (tertiary/aromatic N) is 2. The molecule has 4 rings (SSSR count). The molecule has 3 aromatic rings. The van der Waals surface area contributed by atoms with Crippen molar-refractivity contribution in [2.75, 3.05) is 39.8 Å². The number of benzene rings is 3. The largest absolute Gasteiger partial charge is 0.497 e. The topological polar surface area (TPSA) is 61.9 Å². The van der Waals surface area contributed by atoms with Gasteiger partial charge < -0.3 is 15.0 Å². The van der Waals surface area contributed by atoms with Gasteiger partial charge in [-0.05, 0) is 59.2 Å². The van der Waals surface area contributed by atoms with E-state index < -0.39 is 10.0 Å².